The van der Waals surface area contributed by atoms with Crippen molar-refractivity contribution in [2.45, 2.75) is 57.2 Å². The van der Waals surface area contributed by atoms with Crippen molar-refractivity contribution in [3.05, 3.63) is 0 Å². The Morgan fingerprint density at radius 1 is 1.06 bits per heavy atom. The molecule has 1 rings (SSSR count). The van der Waals surface area contributed by atoms with Crippen molar-refractivity contribution in [1.29, 1.82) is 0 Å². The van der Waals surface area contributed by atoms with E-state index in [0.717, 1.165) is 32.0 Å². The second-order valence-electron chi connectivity index (χ2n) is 5.31. The van der Waals surface area contributed by atoms with E-state index in [1.165, 1.54) is 25.7 Å². The summed E-state index contributed by atoms with van der Waals surface area (Å²) in [6, 6.07) is 0.776. The molecule has 0 aromatic carbocycles. The number of unbranched alkanes of at least 4 members (excludes halogenated alkanes) is 3. The molecule has 1 fully saturated rings. The summed E-state index contributed by atoms with van der Waals surface area (Å²) in [7, 11) is 1.76. The van der Waals surface area contributed by atoms with E-state index in [9.17, 15) is 13.2 Å². The number of hydrogen-bond donors (Lipinski definition) is 1. The largest absolute Gasteiger partial charge is 0.390 e. The highest BCUT2D eigenvalue weighted by Crippen LogP contribution is 2.19. The Morgan fingerprint density at radius 2 is 1.72 bits per heavy atom. The van der Waals surface area contributed by atoms with Crippen LogP contribution in [0.2, 0.25) is 0 Å². The highest BCUT2D eigenvalue weighted by atomic mass is 19.4. The quantitative estimate of drug-likeness (QED) is 0.611. The van der Waals surface area contributed by atoms with E-state index in [4.69, 9.17) is 0 Å². The fourth-order valence-corrected chi connectivity index (χ4v) is 1.88. The van der Waals surface area contributed by atoms with Crippen LogP contribution in [0.5, 0.6) is 0 Å². The van der Waals surface area contributed by atoms with Gasteiger partial charge in [-0.2, -0.15) is 13.2 Å². The molecule has 0 heterocycles. The van der Waals surface area contributed by atoms with Crippen LogP contribution in [0, 0.1) is 0 Å². The van der Waals surface area contributed by atoms with Gasteiger partial charge >= 0.3 is 6.18 Å². The predicted molar refractivity (Wildman–Crippen MR) is 67.7 cm³/mol. The molecule has 108 valence electrons. The minimum atomic E-state index is -4.03. The number of nitrogens with zero attached hydrogens (tertiary/aromatic N) is 1. The number of halogens is 3. The van der Waals surface area contributed by atoms with Gasteiger partial charge in [-0.05, 0) is 45.8 Å². The highest BCUT2D eigenvalue weighted by Gasteiger charge is 2.26. The Bertz CT molecular complexity index is 215. The zero-order chi connectivity index (χ0) is 13.4. The SMILES string of the molecule is CN(CCCCCCNC1CC1)CCC(F)(F)F. The van der Waals surface area contributed by atoms with Crippen LogP contribution in [-0.4, -0.2) is 43.8 Å². The fourth-order valence-electron chi connectivity index (χ4n) is 1.88. The van der Waals surface area contributed by atoms with Gasteiger partial charge in [0.2, 0.25) is 0 Å². The lowest BCUT2D eigenvalue weighted by Crippen LogP contribution is -2.25. The standard InChI is InChI=1S/C13H25F3N2/c1-18(11-8-13(14,15)16)10-5-3-2-4-9-17-12-6-7-12/h12,17H,2-11H2,1H3. The first-order valence-corrected chi connectivity index (χ1v) is 6.96. The van der Waals surface area contributed by atoms with E-state index >= 15 is 0 Å². The first-order chi connectivity index (χ1) is 8.47. The van der Waals surface area contributed by atoms with Gasteiger partial charge in [0.05, 0.1) is 6.42 Å². The molecule has 2 nitrogen and oxygen atoms in total. The molecule has 1 aliphatic carbocycles. The van der Waals surface area contributed by atoms with E-state index in [-0.39, 0.29) is 6.54 Å². The van der Waals surface area contributed by atoms with Gasteiger partial charge in [-0.25, -0.2) is 0 Å². The van der Waals surface area contributed by atoms with Crippen LogP contribution in [0.25, 0.3) is 0 Å². The normalized spacial score (nSPS) is 16.5. The molecule has 0 amide bonds. The van der Waals surface area contributed by atoms with Gasteiger partial charge < -0.3 is 10.2 Å². The lowest BCUT2D eigenvalue weighted by atomic mass is 10.2. The van der Waals surface area contributed by atoms with Gasteiger partial charge in [-0.15, -0.1) is 0 Å². The van der Waals surface area contributed by atoms with Crippen LogP contribution in [0.1, 0.15) is 44.9 Å². The van der Waals surface area contributed by atoms with Crippen molar-refractivity contribution in [2.24, 2.45) is 0 Å². The number of nitrogens with one attached hydrogen (secondary N) is 1. The van der Waals surface area contributed by atoms with Gasteiger partial charge in [0.15, 0.2) is 0 Å². The van der Waals surface area contributed by atoms with Crippen LogP contribution in [0.4, 0.5) is 13.2 Å². The zero-order valence-electron chi connectivity index (χ0n) is 11.2. The fraction of sp³-hybridized carbons (Fsp3) is 1.00. The molecule has 0 radical (unpaired) electrons. The molecule has 0 saturated heterocycles. The third kappa shape index (κ3) is 9.71. The predicted octanol–water partition coefficient (Wildman–Crippen LogP) is 3.18. The van der Waals surface area contributed by atoms with Gasteiger partial charge in [0.1, 0.15) is 0 Å². The number of rotatable bonds is 10. The third-order valence-electron chi connectivity index (χ3n) is 3.25. The maximum absolute atomic E-state index is 12.0. The number of hydrogen-bond acceptors (Lipinski definition) is 2. The summed E-state index contributed by atoms with van der Waals surface area (Å²) in [5, 5.41) is 3.46. The van der Waals surface area contributed by atoms with Crippen molar-refractivity contribution >= 4 is 0 Å². The Hall–Kier alpha value is -0.290. The first-order valence-electron chi connectivity index (χ1n) is 6.96. The summed E-state index contributed by atoms with van der Waals surface area (Å²) in [4.78, 5) is 1.77. The minimum Gasteiger partial charge on any atom is -0.314 e. The smallest absolute Gasteiger partial charge is 0.314 e. The molecular weight excluding hydrogens is 241 g/mol. The topological polar surface area (TPSA) is 15.3 Å². The monoisotopic (exact) mass is 266 g/mol. The van der Waals surface area contributed by atoms with Crippen LogP contribution in [-0.2, 0) is 0 Å². The van der Waals surface area contributed by atoms with E-state index in [1.54, 1.807) is 11.9 Å². The molecule has 1 aliphatic rings. The van der Waals surface area contributed by atoms with Crippen molar-refractivity contribution in [1.82, 2.24) is 10.2 Å². The summed E-state index contributed by atoms with van der Waals surface area (Å²) in [5.74, 6) is 0. The van der Waals surface area contributed by atoms with Crippen LogP contribution in [0.3, 0.4) is 0 Å². The molecule has 0 atom stereocenters. The zero-order valence-corrected chi connectivity index (χ0v) is 11.2. The second kappa shape index (κ2) is 8.00. The molecule has 0 aromatic heterocycles. The summed E-state index contributed by atoms with van der Waals surface area (Å²) >= 11 is 0. The molecule has 0 aromatic rings. The molecule has 18 heavy (non-hydrogen) atoms. The first kappa shape index (κ1) is 15.8. The maximum atomic E-state index is 12.0. The number of alkyl halides is 3. The average Bonchev–Trinajstić information content (AvgIpc) is 3.08. The van der Waals surface area contributed by atoms with Gasteiger partial charge in [-0.1, -0.05) is 12.8 Å². The van der Waals surface area contributed by atoms with E-state index in [1.807, 2.05) is 0 Å². The molecule has 0 bridgehead atoms. The summed E-state index contributed by atoms with van der Waals surface area (Å²) in [6.45, 7) is 1.98. The molecule has 1 N–H and O–H groups in total. The average molecular weight is 266 g/mol. The van der Waals surface area contributed by atoms with Gasteiger partial charge in [-0.3, -0.25) is 0 Å². The Morgan fingerprint density at radius 3 is 2.33 bits per heavy atom. The van der Waals surface area contributed by atoms with Crippen LogP contribution in [0.15, 0.2) is 0 Å². The minimum absolute atomic E-state index is 0.118. The van der Waals surface area contributed by atoms with Crippen molar-refractivity contribution in [2.75, 3.05) is 26.7 Å². The molecule has 0 spiro atoms. The second-order valence-corrected chi connectivity index (χ2v) is 5.31. The molecule has 1 saturated carbocycles. The van der Waals surface area contributed by atoms with Gasteiger partial charge in [0.25, 0.3) is 0 Å². The Balaban J connectivity index is 1.81. The Labute approximate surface area is 108 Å². The Kier molecular flexibility index (Phi) is 7.00. The van der Waals surface area contributed by atoms with E-state index in [0.29, 0.717) is 0 Å². The van der Waals surface area contributed by atoms with E-state index in [2.05, 4.69) is 5.32 Å². The van der Waals surface area contributed by atoms with Crippen LogP contribution < -0.4 is 5.32 Å². The van der Waals surface area contributed by atoms with E-state index < -0.39 is 12.6 Å². The van der Waals surface area contributed by atoms with Crippen molar-refractivity contribution in [3.8, 4) is 0 Å². The summed E-state index contributed by atoms with van der Waals surface area (Å²) in [5.41, 5.74) is 0. The van der Waals surface area contributed by atoms with Crippen LogP contribution >= 0.6 is 0 Å². The molecule has 0 unspecified atom stereocenters. The van der Waals surface area contributed by atoms with Crippen molar-refractivity contribution < 1.29 is 13.2 Å². The lowest BCUT2D eigenvalue weighted by molar-refractivity contribution is -0.137. The van der Waals surface area contributed by atoms with Gasteiger partial charge in [0, 0.05) is 12.6 Å². The highest BCUT2D eigenvalue weighted by molar-refractivity contribution is 4.80. The summed E-state index contributed by atoms with van der Waals surface area (Å²) < 4.78 is 35.9. The summed E-state index contributed by atoms with van der Waals surface area (Å²) in [6.07, 6.45) is 2.39. The van der Waals surface area contributed by atoms with Crippen molar-refractivity contribution in [3.63, 3.8) is 0 Å². The molecule has 0 aliphatic heterocycles. The molecular formula is C13H25F3N2. The lowest BCUT2D eigenvalue weighted by Gasteiger charge is -2.17. The molecule has 5 heteroatoms. The third-order valence-corrected chi connectivity index (χ3v) is 3.25. The maximum Gasteiger partial charge on any atom is 0.390 e.